The Bertz CT molecular complexity index is 918. The quantitative estimate of drug-likeness (QED) is 0.772. The normalized spacial score (nSPS) is 19.6. The molecule has 2 aliphatic heterocycles. The van der Waals surface area contributed by atoms with Gasteiger partial charge in [0.15, 0.2) is 0 Å². The fourth-order valence-corrected chi connectivity index (χ4v) is 4.37. The van der Waals surface area contributed by atoms with Crippen molar-refractivity contribution in [1.29, 1.82) is 0 Å². The highest BCUT2D eigenvalue weighted by atomic mass is 16.2. The van der Waals surface area contributed by atoms with Crippen LogP contribution < -0.4 is 5.56 Å². The smallest absolute Gasteiger partial charge is 0.274 e. The molecule has 0 saturated carbocycles. The Morgan fingerprint density at radius 3 is 2.90 bits per heavy atom. The van der Waals surface area contributed by atoms with E-state index in [1.165, 1.54) is 23.6 Å². The van der Waals surface area contributed by atoms with Gasteiger partial charge in [0.2, 0.25) is 0 Å². The zero-order valence-corrected chi connectivity index (χ0v) is 17.2. The third-order valence-electron chi connectivity index (χ3n) is 6.02. The number of piperidine rings is 1. The van der Waals surface area contributed by atoms with Crippen LogP contribution in [0.5, 0.6) is 0 Å². The molecule has 8 nitrogen and oxygen atoms in total. The number of carbonyl (C=O) groups excluding carboxylic acids is 1. The second-order valence-corrected chi connectivity index (χ2v) is 8.16. The van der Waals surface area contributed by atoms with Gasteiger partial charge in [-0.05, 0) is 38.2 Å². The topological polar surface area (TPSA) is 85.9 Å². The molecule has 0 N–H and O–H groups in total. The first kappa shape index (κ1) is 19.8. The fraction of sp³-hybridized carbons (Fsp3) is 0.667. The van der Waals surface area contributed by atoms with Crippen molar-refractivity contribution in [1.82, 2.24) is 29.4 Å². The van der Waals surface area contributed by atoms with Crippen LogP contribution in [0.15, 0.2) is 16.9 Å². The second-order valence-electron chi connectivity index (χ2n) is 8.16. The Kier molecular flexibility index (Phi) is 6.06. The number of rotatable bonds is 5. The zero-order chi connectivity index (χ0) is 20.2. The van der Waals surface area contributed by atoms with Crippen molar-refractivity contribution in [3.63, 3.8) is 0 Å². The van der Waals surface area contributed by atoms with Crippen molar-refractivity contribution in [3.05, 3.63) is 39.8 Å². The van der Waals surface area contributed by atoms with Crippen LogP contribution in [-0.2, 0) is 19.5 Å². The molecule has 0 aromatic carbocycles. The third-order valence-corrected chi connectivity index (χ3v) is 6.02. The summed E-state index contributed by atoms with van der Waals surface area (Å²) in [7, 11) is 0. The van der Waals surface area contributed by atoms with E-state index in [-0.39, 0.29) is 17.4 Å². The first-order chi connectivity index (χ1) is 14.2. The summed E-state index contributed by atoms with van der Waals surface area (Å²) in [5.41, 5.74) is 0.194. The molecule has 1 unspecified atom stereocenters. The van der Waals surface area contributed by atoms with E-state index in [0.29, 0.717) is 25.3 Å². The Labute approximate surface area is 170 Å². The first-order valence-corrected chi connectivity index (χ1v) is 11.0. The number of unbranched alkanes of at least 4 members (excludes halogenated alkanes) is 1. The first-order valence-electron chi connectivity index (χ1n) is 11.0. The molecule has 1 amide bonds. The van der Waals surface area contributed by atoms with Crippen LogP contribution in [0.1, 0.15) is 79.9 Å². The van der Waals surface area contributed by atoms with Gasteiger partial charge in [0.05, 0.1) is 0 Å². The largest absolute Gasteiger partial charge is 0.337 e. The number of amides is 1. The Hall–Kier alpha value is -2.51. The lowest BCUT2D eigenvalue weighted by Crippen LogP contribution is -2.41. The molecule has 8 heteroatoms. The highest BCUT2D eigenvalue weighted by molar-refractivity contribution is 5.92. The number of hydrogen-bond donors (Lipinski definition) is 0. The molecular formula is C21H30N6O2. The molecule has 1 fully saturated rings. The van der Waals surface area contributed by atoms with Crippen molar-refractivity contribution in [2.45, 2.75) is 77.3 Å². The van der Waals surface area contributed by atoms with Crippen molar-refractivity contribution in [2.24, 2.45) is 0 Å². The monoisotopic (exact) mass is 398 g/mol. The van der Waals surface area contributed by atoms with Crippen LogP contribution in [0.4, 0.5) is 0 Å². The molecule has 4 heterocycles. The van der Waals surface area contributed by atoms with E-state index in [0.717, 1.165) is 56.7 Å². The summed E-state index contributed by atoms with van der Waals surface area (Å²) in [4.78, 5) is 27.0. The van der Waals surface area contributed by atoms with Gasteiger partial charge in [0.1, 0.15) is 17.3 Å². The highest BCUT2D eigenvalue weighted by Gasteiger charge is 2.30. The SMILES string of the molecule is CCCCn1nc(C(=O)N2CCCC(c3nnc4n3CCCCC4)C2)ccc1=O. The van der Waals surface area contributed by atoms with Gasteiger partial charge >= 0.3 is 0 Å². The summed E-state index contributed by atoms with van der Waals surface area (Å²) in [5.74, 6) is 2.22. The Morgan fingerprint density at radius 1 is 1.14 bits per heavy atom. The highest BCUT2D eigenvalue weighted by Crippen LogP contribution is 2.28. The minimum atomic E-state index is -0.155. The van der Waals surface area contributed by atoms with E-state index in [4.69, 9.17) is 0 Å². The number of aryl methyl sites for hydroxylation is 2. The fourth-order valence-electron chi connectivity index (χ4n) is 4.37. The number of aromatic nitrogens is 5. The molecule has 4 rings (SSSR count). The average Bonchev–Trinajstić information content (AvgIpc) is 3.01. The summed E-state index contributed by atoms with van der Waals surface area (Å²) in [6.45, 7) is 4.94. The molecule has 0 radical (unpaired) electrons. The van der Waals surface area contributed by atoms with Crippen LogP contribution in [0, 0.1) is 0 Å². The maximum atomic E-state index is 13.1. The minimum absolute atomic E-state index is 0.101. The second kappa shape index (κ2) is 8.88. The molecule has 2 aliphatic rings. The molecule has 0 spiro atoms. The molecule has 29 heavy (non-hydrogen) atoms. The lowest BCUT2D eigenvalue weighted by Gasteiger charge is -2.32. The minimum Gasteiger partial charge on any atom is -0.337 e. The van der Waals surface area contributed by atoms with E-state index in [1.807, 2.05) is 4.90 Å². The predicted octanol–water partition coefficient (Wildman–Crippen LogP) is 2.38. The van der Waals surface area contributed by atoms with E-state index in [9.17, 15) is 9.59 Å². The van der Waals surface area contributed by atoms with Gasteiger partial charge in [-0.25, -0.2) is 4.68 Å². The van der Waals surface area contributed by atoms with Crippen molar-refractivity contribution >= 4 is 5.91 Å². The molecule has 156 valence electrons. The molecule has 1 atom stereocenters. The molecular weight excluding hydrogens is 368 g/mol. The van der Waals surface area contributed by atoms with Gasteiger partial charge in [0, 0.05) is 44.6 Å². The molecule has 0 bridgehead atoms. The van der Waals surface area contributed by atoms with Crippen LogP contribution >= 0.6 is 0 Å². The summed E-state index contributed by atoms with van der Waals surface area (Å²) >= 11 is 0. The number of fused-ring (bicyclic) bond motifs is 1. The summed E-state index contributed by atoms with van der Waals surface area (Å²) in [6, 6.07) is 3.01. The van der Waals surface area contributed by atoms with Gasteiger partial charge in [-0.15, -0.1) is 10.2 Å². The molecule has 1 saturated heterocycles. The van der Waals surface area contributed by atoms with Gasteiger partial charge in [0.25, 0.3) is 11.5 Å². The van der Waals surface area contributed by atoms with Gasteiger partial charge in [-0.3, -0.25) is 9.59 Å². The number of likely N-dealkylation sites (tertiary alicyclic amines) is 1. The predicted molar refractivity (Wildman–Crippen MR) is 109 cm³/mol. The van der Waals surface area contributed by atoms with Crippen LogP contribution in [0.2, 0.25) is 0 Å². The van der Waals surface area contributed by atoms with Crippen molar-refractivity contribution in [2.75, 3.05) is 13.1 Å². The average molecular weight is 399 g/mol. The van der Waals surface area contributed by atoms with E-state index in [1.54, 1.807) is 6.07 Å². The van der Waals surface area contributed by atoms with E-state index >= 15 is 0 Å². The van der Waals surface area contributed by atoms with Gasteiger partial charge in [-0.2, -0.15) is 5.10 Å². The number of nitrogens with zero attached hydrogens (tertiary/aromatic N) is 6. The van der Waals surface area contributed by atoms with Crippen LogP contribution in [0.25, 0.3) is 0 Å². The standard InChI is InChI=1S/C21H30N6O2/c1-2-3-14-27-19(28)11-10-17(24-27)21(29)25-12-7-8-16(15-25)20-23-22-18-9-5-4-6-13-26(18)20/h10-11,16H,2-9,12-15H2,1H3. The molecule has 0 aliphatic carbocycles. The molecule has 2 aromatic rings. The maximum absolute atomic E-state index is 13.1. The van der Waals surface area contributed by atoms with E-state index < -0.39 is 0 Å². The summed E-state index contributed by atoms with van der Waals surface area (Å²) < 4.78 is 3.70. The maximum Gasteiger partial charge on any atom is 0.274 e. The molecule has 2 aromatic heterocycles. The van der Waals surface area contributed by atoms with Crippen LogP contribution in [-0.4, -0.2) is 48.4 Å². The van der Waals surface area contributed by atoms with Crippen molar-refractivity contribution in [3.8, 4) is 0 Å². The lowest BCUT2D eigenvalue weighted by atomic mass is 9.96. The summed E-state index contributed by atoms with van der Waals surface area (Å²) in [5, 5.41) is 13.3. The summed E-state index contributed by atoms with van der Waals surface area (Å²) in [6.07, 6.45) is 8.36. The van der Waals surface area contributed by atoms with Gasteiger partial charge in [-0.1, -0.05) is 19.8 Å². The zero-order valence-electron chi connectivity index (χ0n) is 17.2. The Morgan fingerprint density at radius 2 is 2.03 bits per heavy atom. The van der Waals surface area contributed by atoms with E-state index in [2.05, 4.69) is 26.8 Å². The van der Waals surface area contributed by atoms with Crippen molar-refractivity contribution < 1.29 is 4.79 Å². The number of carbonyl (C=O) groups is 1. The van der Waals surface area contributed by atoms with Gasteiger partial charge < -0.3 is 9.47 Å². The lowest BCUT2D eigenvalue weighted by molar-refractivity contribution is 0.0694. The Balaban J connectivity index is 1.51. The third kappa shape index (κ3) is 4.26. The number of hydrogen-bond acceptors (Lipinski definition) is 5. The van der Waals surface area contributed by atoms with Crippen LogP contribution in [0.3, 0.4) is 0 Å².